The van der Waals surface area contributed by atoms with E-state index < -0.39 is 103 Å². The Morgan fingerprint density at radius 1 is 0.778 bits per heavy atom. The molecule has 0 bridgehead atoms. The molecule has 0 amide bonds. The molecule has 2 aromatic carbocycles. The number of benzene rings is 2. The van der Waals surface area contributed by atoms with Crippen molar-refractivity contribution in [1.82, 2.24) is 0 Å². The molecule has 17 nitrogen and oxygen atoms in total. The number of phenols is 3. The molecule has 2 aliphatic heterocycles. The lowest BCUT2D eigenvalue weighted by Gasteiger charge is -2.45. The van der Waals surface area contributed by atoms with Gasteiger partial charge in [-0.05, 0) is 18.2 Å². The number of aromatic hydroxyl groups is 3. The van der Waals surface area contributed by atoms with Crippen LogP contribution >= 0.6 is 0 Å². The van der Waals surface area contributed by atoms with Gasteiger partial charge in [-0.1, -0.05) is 0 Å². The molecule has 2 aliphatic rings. The molecule has 0 saturated carbocycles. The minimum Gasteiger partial charge on any atom is -0.508 e. The third-order valence-electron chi connectivity index (χ3n) is 7.56. The van der Waals surface area contributed by atoms with Crippen LogP contribution in [0.2, 0.25) is 0 Å². The monoisotopic (exact) mass is 640 g/mol. The van der Waals surface area contributed by atoms with Crippen LogP contribution in [0, 0.1) is 0 Å². The van der Waals surface area contributed by atoms with Crippen molar-refractivity contribution in [2.45, 2.75) is 61.4 Å². The highest BCUT2D eigenvalue weighted by atomic mass is 16.8. The molecule has 5 rings (SSSR count). The van der Waals surface area contributed by atoms with E-state index in [1.54, 1.807) is 0 Å². The Morgan fingerprint density at radius 3 is 2.07 bits per heavy atom. The summed E-state index contributed by atoms with van der Waals surface area (Å²) >= 11 is 0. The minimum atomic E-state index is -1.96. The molecule has 3 heterocycles. The quantitative estimate of drug-likeness (QED) is 0.123. The van der Waals surface area contributed by atoms with Crippen molar-refractivity contribution in [2.75, 3.05) is 20.3 Å². The highest BCUT2D eigenvalue weighted by Crippen LogP contribution is 2.40. The molecule has 0 aliphatic carbocycles. The Bertz CT molecular complexity index is 1570. The third kappa shape index (κ3) is 5.98. The average molecular weight is 641 g/mol. The number of fused-ring (bicyclic) bond motifs is 1. The smallest absolute Gasteiger partial charge is 0.239 e. The van der Waals surface area contributed by atoms with E-state index in [1.807, 2.05) is 0 Å². The summed E-state index contributed by atoms with van der Waals surface area (Å²) < 4.78 is 33.5. The van der Waals surface area contributed by atoms with E-state index in [2.05, 4.69) is 0 Å². The van der Waals surface area contributed by atoms with Crippen LogP contribution in [0.4, 0.5) is 0 Å². The zero-order valence-electron chi connectivity index (χ0n) is 23.4. The predicted molar refractivity (Wildman–Crippen MR) is 146 cm³/mol. The standard InChI is InChI=1S/C28H32O17/c1-40-13-4-9(2-3-11(13)32)24-25(20(36)17-12(33)5-10(31)6-14(17)41-24)44-28-26(22(38)19(35)16(8-30)43-28)45-27-23(39)21(37)18(34)15(7-29)42-27/h2-6,15-16,18-19,21-23,26-35,37-39H,7-8H2,1H3/t15-,16+,18-,19+,21+,22-,23-,26+,27+,28+/m1/s1. The normalized spacial score (nSPS) is 32.0. The second kappa shape index (κ2) is 12.9. The number of hydrogen-bond acceptors (Lipinski definition) is 17. The lowest BCUT2D eigenvalue weighted by Crippen LogP contribution is -2.65. The van der Waals surface area contributed by atoms with Crippen molar-refractivity contribution in [2.24, 2.45) is 0 Å². The Morgan fingerprint density at radius 2 is 1.42 bits per heavy atom. The lowest BCUT2D eigenvalue weighted by atomic mass is 9.97. The van der Waals surface area contributed by atoms with Gasteiger partial charge in [0.25, 0.3) is 0 Å². The molecule has 0 radical (unpaired) electrons. The first-order chi connectivity index (χ1) is 21.4. The molecule has 246 valence electrons. The molecule has 3 aromatic rings. The van der Waals surface area contributed by atoms with Crippen LogP contribution in [0.15, 0.2) is 39.5 Å². The fraction of sp³-hybridized carbons (Fsp3) is 0.464. The van der Waals surface area contributed by atoms with Gasteiger partial charge in [-0.15, -0.1) is 0 Å². The molecule has 2 fully saturated rings. The van der Waals surface area contributed by atoms with Gasteiger partial charge < -0.3 is 79.2 Å². The van der Waals surface area contributed by atoms with Gasteiger partial charge in [-0.3, -0.25) is 4.79 Å². The summed E-state index contributed by atoms with van der Waals surface area (Å²) in [6.45, 7) is -1.65. The molecule has 1 aromatic heterocycles. The molecule has 10 atom stereocenters. The van der Waals surface area contributed by atoms with E-state index >= 15 is 0 Å². The van der Waals surface area contributed by atoms with Crippen LogP contribution in [-0.2, 0) is 14.2 Å². The molecule has 17 heteroatoms. The van der Waals surface area contributed by atoms with E-state index in [-0.39, 0.29) is 28.4 Å². The molecule has 0 spiro atoms. The predicted octanol–water partition coefficient (Wildman–Crippen LogP) is -2.41. The van der Waals surface area contributed by atoms with Gasteiger partial charge in [0, 0.05) is 17.7 Å². The maximum Gasteiger partial charge on any atom is 0.239 e. The summed E-state index contributed by atoms with van der Waals surface area (Å²) in [7, 11) is 1.27. The van der Waals surface area contributed by atoms with E-state index in [4.69, 9.17) is 28.1 Å². The van der Waals surface area contributed by atoms with Crippen molar-refractivity contribution < 1.29 is 79.2 Å². The molecule has 45 heavy (non-hydrogen) atoms. The number of rotatable bonds is 8. The first kappa shape index (κ1) is 32.6. The van der Waals surface area contributed by atoms with Gasteiger partial charge in [0.15, 0.2) is 29.7 Å². The molecule has 0 unspecified atom stereocenters. The average Bonchev–Trinajstić information content (AvgIpc) is 3.01. The van der Waals surface area contributed by atoms with Crippen molar-refractivity contribution in [3.63, 3.8) is 0 Å². The Kier molecular flexibility index (Phi) is 9.38. The number of hydrogen-bond donors (Lipinski definition) is 10. The van der Waals surface area contributed by atoms with Crippen molar-refractivity contribution in [3.8, 4) is 40.1 Å². The Labute approximate surface area is 252 Å². The van der Waals surface area contributed by atoms with Crippen LogP contribution in [0.1, 0.15) is 0 Å². The summed E-state index contributed by atoms with van der Waals surface area (Å²) in [6, 6.07) is 5.72. The summed E-state index contributed by atoms with van der Waals surface area (Å²) in [4.78, 5) is 13.8. The number of phenolic OH excluding ortho intramolecular Hbond substituents is 3. The summed E-state index contributed by atoms with van der Waals surface area (Å²) in [5.41, 5.74) is -1.23. The topological polar surface area (TPSA) is 279 Å². The van der Waals surface area contributed by atoms with Crippen LogP contribution in [-0.4, -0.2) is 133 Å². The Balaban J connectivity index is 1.62. The second-order valence-electron chi connectivity index (χ2n) is 10.4. The van der Waals surface area contributed by atoms with Crippen molar-refractivity contribution in [1.29, 1.82) is 0 Å². The highest BCUT2D eigenvalue weighted by molar-refractivity contribution is 5.88. The molecular formula is C28H32O17. The largest absolute Gasteiger partial charge is 0.508 e. The first-order valence-electron chi connectivity index (χ1n) is 13.5. The molecule has 2 saturated heterocycles. The lowest BCUT2D eigenvalue weighted by molar-refractivity contribution is -0.358. The number of aliphatic hydroxyl groups excluding tert-OH is 7. The first-order valence-corrected chi connectivity index (χ1v) is 13.5. The van der Waals surface area contributed by atoms with Crippen molar-refractivity contribution >= 4 is 11.0 Å². The van der Waals surface area contributed by atoms with Gasteiger partial charge in [0.2, 0.25) is 17.5 Å². The van der Waals surface area contributed by atoms with E-state index in [9.17, 15) is 55.9 Å². The fourth-order valence-corrected chi connectivity index (χ4v) is 5.13. The number of aliphatic hydroxyl groups is 7. The molecule has 10 N–H and O–H groups in total. The zero-order chi connectivity index (χ0) is 32.7. The number of ether oxygens (including phenoxy) is 5. The van der Waals surface area contributed by atoms with Gasteiger partial charge in [-0.2, -0.15) is 0 Å². The van der Waals surface area contributed by atoms with Crippen LogP contribution in [0.3, 0.4) is 0 Å². The minimum absolute atomic E-state index is 0.0448. The second-order valence-corrected chi connectivity index (χ2v) is 10.4. The molecular weight excluding hydrogens is 608 g/mol. The summed E-state index contributed by atoms with van der Waals surface area (Å²) in [5.74, 6) is -2.49. The number of methoxy groups -OCH3 is 1. The zero-order valence-corrected chi connectivity index (χ0v) is 23.4. The third-order valence-corrected chi connectivity index (χ3v) is 7.56. The maximum atomic E-state index is 13.8. The highest BCUT2D eigenvalue weighted by Gasteiger charge is 2.51. The SMILES string of the molecule is COc1cc(-c2oc3cc(O)cc(O)c3c(=O)c2O[C@@H]2O[C@@H](CO)[C@H](O)[C@@H](O)[C@@H]2O[C@@H]2O[C@H](CO)[C@@H](O)[C@H](O)[C@H]2O)ccc1O. The summed E-state index contributed by atoms with van der Waals surface area (Å²) in [5, 5.41) is 102. The van der Waals surface area contributed by atoms with Crippen LogP contribution in [0.25, 0.3) is 22.3 Å². The Hall–Kier alpha value is -3.75. The van der Waals surface area contributed by atoms with Gasteiger partial charge >= 0.3 is 0 Å². The van der Waals surface area contributed by atoms with Gasteiger partial charge in [0.05, 0.1) is 20.3 Å². The van der Waals surface area contributed by atoms with Gasteiger partial charge in [0.1, 0.15) is 65.2 Å². The van der Waals surface area contributed by atoms with Crippen LogP contribution < -0.4 is 14.9 Å². The van der Waals surface area contributed by atoms with E-state index in [1.165, 1.54) is 25.3 Å². The fourth-order valence-electron chi connectivity index (χ4n) is 5.13. The van der Waals surface area contributed by atoms with E-state index in [0.717, 1.165) is 12.1 Å². The van der Waals surface area contributed by atoms with Crippen molar-refractivity contribution in [3.05, 3.63) is 40.6 Å². The maximum absolute atomic E-state index is 13.8. The van der Waals surface area contributed by atoms with Gasteiger partial charge in [-0.25, -0.2) is 0 Å². The van der Waals surface area contributed by atoms with E-state index in [0.29, 0.717) is 0 Å². The summed E-state index contributed by atoms with van der Waals surface area (Å²) in [6.07, 6.45) is -17.9. The van der Waals surface area contributed by atoms with Crippen LogP contribution in [0.5, 0.6) is 28.7 Å².